The number of benzene rings is 3. The third-order valence-corrected chi connectivity index (χ3v) is 9.56. The van der Waals surface area contributed by atoms with Crippen LogP contribution in [0.1, 0.15) is 30.5 Å². The Morgan fingerprint density at radius 1 is 0.971 bits per heavy atom. The van der Waals surface area contributed by atoms with Crippen molar-refractivity contribution in [3.05, 3.63) is 92.5 Å². The van der Waals surface area contributed by atoms with Crippen molar-refractivity contribution in [1.29, 1.82) is 0 Å². The minimum Gasteiger partial charge on any atom is -0.294 e. The third-order valence-electron chi connectivity index (χ3n) is 5.65. The van der Waals surface area contributed by atoms with Crippen LogP contribution in [-0.4, -0.2) is 27.7 Å². The third kappa shape index (κ3) is 5.52. The highest BCUT2D eigenvalue weighted by molar-refractivity contribution is 7.90. The Labute approximate surface area is 213 Å². The largest absolute Gasteiger partial charge is 0.308 e. The van der Waals surface area contributed by atoms with Crippen molar-refractivity contribution >= 4 is 53.0 Å². The number of nitrogens with zero attached hydrogens (tertiary/aromatic N) is 1. The Bertz CT molecular complexity index is 1660. The Balaban J connectivity index is 1.63. The molecule has 0 radical (unpaired) electrons. The number of aromatic nitrogens is 1. The number of halogens is 1. The molecule has 0 aliphatic carbocycles. The van der Waals surface area contributed by atoms with E-state index >= 15 is 0 Å². The Morgan fingerprint density at radius 3 is 2.26 bits per heavy atom. The van der Waals surface area contributed by atoms with Crippen LogP contribution in [-0.2, 0) is 26.4 Å². The van der Waals surface area contributed by atoms with Crippen molar-refractivity contribution in [1.82, 2.24) is 9.29 Å². The van der Waals surface area contributed by atoms with E-state index in [1.165, 1.54) is 24.3 Å². The molecule has 1 atom stereocenters. The van der Waals surface area contributed by atoms with E-state index in [1.807, 2.05) is 25.1 Å². The SMILES string of the molecule is CCC(NS(=O)(=O)c1ccc2c(c1)sc(=O)n2Cc1ccccc1Cl)c1ccc(S(C)(=O)=O)cc1. The van der Waals surface area contributed by atoms with Crippen molar-refractivity contribution in [2.75, 3.05) is 6.26 Å². The lowest BCUT2D eigenvalue weighted by Crippen LogP contribution is -2.28. The summed E-state index contributed by atoms with van der Waals surface area (Å²) in [5.41, 5.74) is 2.07. The minimum absolute atomic E-state index is 0.0438. The summed E-state index contributed by atoms with van der Waals surface area (Å²) in [5.74, 6) is 0. The van der Waals surface area contributed by atoms with E-state index in [0.717, 1.165) is 23.2 Å². The summed E-state index contributed by atoms with van der Waals surface area (Å²) in [6.45, 7) is 2.12. The van der Waals surface area contributed by atoms with Crippen LogP contribution in [0.3, 0.4) is 0 Å². The predicted molar refractivity (Wildman–Crippen MR) is 140 cm³/mol. The standard InChI is InChI=1S/C24H23ClN2O5S3/c1-3-21(16-8-10-18(11-9-16)34(2,29)30)26-35(31,32)19-12-13-22-23(14-19)33-24(28)27(22)15-17-6-4-5-7-20(17)25/h4-14,21,26H,3,15H2,1-2H3. The van der Waals surface area contributed by atoms with E-state index in [2.05, 4.69) is 4.72 Å². The zero-order chi connectivity index (χ0) is 25.4. The maximum atomic E-state index is 13.2. The maximum absolute atomic E-state index is 13.2. The maximum Gasteiger partial charge on any atom is 0.308 e. The average molecular weight is 551 g/mol. The molecule has 11 heteroatoms. The second-order valence-electron chi connectivity index (χ2n) is 8.10. The van der Waals surface area contributed by atoms with E-state index in [1.54, 1.807) is 28.8 Å². The number of nitrogens with one attached hydrogen (secondary N) is 1. The van der Waals surface area contributed by atoms with Crippen LogP contribution < -0.4 is 9.60 Å². The van der Waals surface area contributed by atoms with Crippen LogP contribution in [0.15, 0.2) is 81.3 Å². The normalized spacial score (nSPS) is 13.2. The van der Waals surface area contributed by atoms with Gasteiger partial charge >= 0.3 is 4.87 Å². The average Bonchev–Trinajstić information content (AvgIpc) is 3.12. The van der Waals surface area contributed by atoms with Gasteiger partial charge in [0.05, 0.1) is 26.6 Å². The molecule has 0 aliphatic rings. The number of thiazole rings is 1. The van der Waals surface area contributed by atoms with Crippen molar-refractivity contribution in [2.45, 2.75) is 35.7 Å². The Morgan fingerprint density at radius 2 is 1.63 bits per heavy atom. The molecule has 1 unspecified atom stereocenters. The van der Waals surface area contributed by atoms with Gasteiger partial charge in [0.25, 0.3) is 0 Å². The molecule has 1 aromatic heterocycles. The molecule has 1 heterocycles. The van der Waals surface area contributed by atoms with E-state index in [0.29, 0.717) is 27.2 Å². The topological polar surface area (TPSA) is 102 Å². The Kier molecular flexibility index (Phi) is 7.21. The molecular formula is C24H23ClN2O5S3. The molecule has 4 rings (SSSR count). The van der Waals surface area contributed by atoms with Crippen LogP contribution in [0, 0.1) is 0 Å². The lowest BCUT2D eigenvalue weighted by atomic mass is 10.1. The molecule has 0 fully saturated rings. The van der Waals surface area contributed by atoms with Crippen molar-refractivity contribution in [2.24, 2.45) is 0 Å². The zero-order valence-corrected chi connectivity index (χ0v) is 22.1. The number of hydrogen-bond donors (Lipinski definition) is 1. The van der Waals surface area contributed by atoms with Gasteiger partial charge in [0.1, 0.15) is 0 Å². The van der Waals surface area contributed by atoms with Crippen LogP contribution in [0.25, 0.3) is 10.2 Å². The number of sulfone groups is 1. The highest BCUT2D eigenvalue weighted by Gasteiger charge is 2.22. The van der Waals surface area contributed by atoms with Gasteiger partial charge < -0.3 is 0 Å². The number of fused-ring (bicyclic) bond motifs is 1. The molecule has 35 heavy (non-hydrogen) atoms. The molecule has 7 nitrogen and oxygen atoms in total. The van der Waals surface area contributed by atoms with Crippen molar-refractivity contribution in [3.8, 4) is 0 Å². The number of rotatable bonds is 8. The number of hydrogen-bond acceptors (Lipinski definition) is 6. The molecular weight excluding hydrogens is 528 g/mol. The van der Waals surface area contributed by atoms with Gasteiger partial charge in [0, 0.05) is 17.3 Å². The summed E-state index contributed by atoms with van der Waals surface area (Å²) in [6.07, 6.45) is 1.58. The van der Waals surface area contributed by atoms with Crippen LogP contribution in [0.5, 0.6) is 0 Å². The van der Waals surface area contributed by atoms with Gasteiger partial charge in [0.15, 0.2) is 9.84 Å². The minimum atomic E-state index is -3.91. The van der Waals surface area contributed by atoms with Gasteiger partial charge in [-0.25, -0.2) is 21.6 Å². The van der Waals surface area contributed by atoms with Gasteiger partial charge in [0.2, 0.25) is 10.0 Å². The zero-order valence-electron chi connectivity index (χ0n) is 18.9. The summed E-state index contributed by atoms with van der Waals surface area (Å²) < 4.78 is 54.6. The first-order valence-electron chi connectivity index (χ1n) is 10.7. The van der Waals surface area contributed by atoms with Crippen LogP contribution >= 0.6 is 22.9 Å². The van der Waals surface area contributed by atoms with E-state index < -0.39 is 25.9 Å². The monoisotopic (exact) mass is 550 g/mol. The first-order chi connectivity index (χ1) is 16.5. The van der Waals surface area contributed by atoms with Crippen molar-refractivity contribution < 1.29 is 16.8 Å². The molecule has 0 amide bonds. The first kappa shape index (κ1) is 25.6. The predicted octanol–water partition coefficient (Wildman–Crippen LogP) is 4.60. The molecule has 1 N–H and O–H groups in total. The van der Waals surface area contributed by atoms with E-state index in [4.69, 9.17) is 11.6 Å². The van der Waals surface area contributed by atoms with Crippen molar-refractivity contribution in [3.63, 3.8) is 0 Å². The molecule has 0 saturated heterocycles. The fourth-order valence-electron chi connectivity index (χ4n) is 3.75. The highest BCUT2D eigenvalue weighted by Crippen LogP contribution is 2.26. The lowest BCUT2D eigenvalue weighted by molar-refractivity contribution is 0.550. The molecule has 0 saturated carbocycles. The molecule has 0 bridgehead atoms. The van der Waals surface area contributed by atoms with E-state index in [-0.39, 0.29) is 21.2 Å². The smallest absolute Gasteiger partial charge is 0.294 e. The molecule has 3 aromatic carbocycles. The summed E-state index contributed by atoms with van der Waals surface area (Å²) >= 11 is 7.22. The molecule has 184 valence electrons. The fraction of sp³-hybridized carbons (Fsp3) is 0.208. The summed E-state index contributed by atoms with van der Waals surface area (Å²) in [7, 11) is -7.26. The van der Waals surface area contributed by atoms with E-state index in [9.17, 15) is 21.6 Å². The summed E-state index contributed by atoms with van der Waals surface area (Å²) in [6, 6.07) is 17.4. The number of sulfonamides is 1. The van der Waals surface area contributed by atoms with Gasteiger partial charge in [-0.05, 0) is 53.9 Å². The highest BCUT2D eigenvalue weighted by atomic mass is 35.5. The summed E-state index contributed by atoms with van der Waals surface area (Å²) in [4.78, 5) is 12.7. The molecule has 4 aromatic rings. The lowest BCUT2D eigenvalue weighted by Gasteiger charge is -2.18. The van der Waals surface area contributed by atoms with Gasteiger partial charge in [-0.1, -0.05) is 60.2 Å². The van der Waals surface area contributed by atoms with Gasteiger partial charge in [-0.2, -0.15) is 0 Å². The van der Waals surface area contributed by atoms with Gasteiger partial charge in [-0.3, -0.25) is 9.36 Å². The molecule has 0 aliphatic heterocycles. The van der Waals surface area contributed by atoms with Gasteiger partial charge in [-0.15, -0.1) is 0 Å². The quantitative estimate of drug-likeness (QED) is 0.345. The fourth-order valence-corrected chi connectivity index (χ4v) is 6.91. The Hall–Kier alpha value is -2.50. The summed E-state index contributed by atoms with van der Waals surface area (Å²) in [5, 5.41) is 0.553. The van der Waals surface area contributed by atoms with Crippen LogP contribution in [0.4, 0.5) is 0 Å². The second kappa shape index (κ2) is 9.87. The molecule has 0 spiro atoms. The second-order valence-corrected chi connectivity index (χ2v) is 13.2. The first-order valence-corrected chi connectivity index (χ1v) is 15.3. The van der Waals surface area contributed by atoms with Crippen LogP contribution in [0.2, 0.25) is 5.02 Å².